The molecule has 9 nitrogen and oxygen atoms in total. The molecule has 1 aliphatic rings. The maximum atomic E-state index is 12.8. The van der Waals surface area contributed by atoms with Crippen molar-refractivity contribution in [3.8, 4) is 17.4 Å². The Labute approximate surface area is 185 Å². The van der Waals surface area contributed by atoms with Gasteiger partial charge in [-0.2, -0.15) is 4.98 Å². The standard InChI is InChI=1S/C22H22N4O5S/c1-3-32(28,29)17-6-4-5-16(12-17)26-21(27)15-8-7-14(2)18(11-15)31-22-19-20(24-13-25-22)23-9-10-30-19/h4-8,11-13H,3,9-10H2,1-2H3,(H,26,27)(H,23,24,25). The molecule has 2 aromatic carbocycles. The fourth-order valence-electron chi connectivity index (χ4n) is 3.10. The van der Waals surface area contributed by atoms with Crippen LogP contribution in [0.2, 0.25) is 0 Å². The number of hydrogen-bond acceptors (Lipinski definition) is 8. The van der Waals surface area contributed by atoms with Crippen LogP contribution < -0.4 is 20.1 Å². The second-order valence-electron chi connectivity index (χ2n) is 7.10. The lowest BCUT2D eigenvalue weighted by molar-refractivity contribution is 0.102. The molecule has 1 aromatic heterocycles. The summed E-state index contributed by atoms with van der Waals surface area (Å²) in [4.78, 5) is 21.3. The molecule has 3 aromatic rings. The number of ether oxygens (including phenoxy) is 2. The van der Waals surface area contributed by atoms with Gasteiger partial charge in [0.25, 0.3) is 11.8 Å². The highest BCUT2D eigenvalue weighted by atomic mass is 32.2. The van der Waals surface area contributed by atoms with E-state index < -0.39 is 15.7 Å². The van der Waals surface area contributed by atoms with Crippen molar-refractivity contribution in [3.63, 3.8) is 0 Å². The number of nitrogens with zero attached hydrogens (tertiary/aromatic N) is 2. The Balaban J connectivity index is 1.57. The molecule has 0 aliphatic carbocycles. The number of sulfone groups is 1. The summed E-state index contributed by atoms with van der Waals surface area (Å²) in [6, 6.07) is 11.2. The molecule has 0 saturated carbocycles. The molecule has 1 aliphatic heterocycles. The van der Waals surface area contributed by atoms with Gasteiger partial charge in [-0.15, -0.1) is 0 Å². The van der Waals surface area contributed by atoms with Crippen molar-refractivity contribution in [2.24, 2.45) is 0 Å². The van der Waals surface area contributed by atoms with Crippen LogP contribution in [0.4, 0.5) is 11.5 Å². The van der Waals surface area contributed by atoms with Crippen LogP contribution in [0.3, 0.4) is 0 Å². The fraction of sp³-hybridized carbons (Fsp3) is 0.227. The van der Waals surface area contributed by atoms with Gasteiger partial charge in [-0.1, -0.05) is 19.1 Å². The Morgan fingerprint density at radius 1 is 1.22 bits per heavy atom. The number of amides is 1. The van der Waals surface area contributed by atoms with Gasteiger partial charge in [0.2, 0.25) is 5.75 Å². The van der Waals surface area contributed by atoms with E-state index in [4.69, 9.17) is 9.47 Å². The number of aryl methyl sites for hydroxylation is 1. The summed E-state index contributed by atoms with van der Waals surface area (Å²) in [6.07, 6.45) is 1.37. The first-order chi connectivity index (χ1) is 15.4. The van der Waals surface area contributed by atoms with Crippen molar-refractivity contribution in [2.75, 3.05) is 29.5 Å². The third-order valence-electron chi connectivity index (χ3n) is 4.90. The average Bonchev–Trinajstić information content (AvgIpc) is 2.81. The molecular formula is C22H22N4O5S. The molecule has 166 valence electrons. The first kappa shape index (κ1) is 21.6. The number of rotatable bonds is 6. The highest BCUT2D eigenvalue weighted by molar-refractivity contribution is 7.91. The minimum absolute atomic E-state index is 0.0188. The Kier molecular flexibility index (Phi) is 5.95. The molecule has 2 heterocycles. The van der Waals surface area contributed by atoms with E-state index >= 15 is 0 Å². The summed E-state index contributed by atoms with van der Waals surface area (Å²) < 4.78 is 35.8. The summed E-state index contributed by atoms with van der Waals surface area (Å²) in [5, 5.41) is 5.85. The number of anilines is 2. The van der Waals surface area contributed by atoms with Crippen LogP contribution in [-0.2, 0) is 9.84 Å². The van der Waals surface area contributed by atoms with Gasteiger partial charge >= 0.3 is 0 Å². The summed E-state index contributed by atoms with van der Waals surface area (Å²) in [5.74, 6) is 1.24. The second-order valence-corrected chi connectivity index (χ2v) is 9.38. The molecule has 0 fully saturated rings. The Hall–Kier alpha value is -3.66. The van der Waals surface area contributed by atoms with Crippen LogP contribution in [0.5, 0.6) is 17.4 Å². The van der Waals surface area contributed by atoms with Crippen LogP contribution in [0.15, 0.2) is 53.7 Å². The quantitative estimate of drug-likeness (QED) is 0.581. The van der Waals surface area contributed by atoms with Crippen LogP contribution in [-0.4, -0.2) is 43.2 Å². The first-order valence-electron chi connectivity index (χ1n) is 10.0. The predicted octanol–water partition coefficient (Wildman–Crippen LogP) is 3.43. The molecule has 10 heteroatoms. The second kappa shape index (κ2) is 8.83. The van der Waals surface area contributed by atoms with Crippen molar-refractivity contribution in [2.45, 2.75) is 18.7 Å². The summed E-state index contributed by atoms with van der Waals surface area (Å²) in [5.41, 5.74) is 1.53. The molecule has 0 bridgehead atoms. The van der Waals surface area contributed by atoms with Gasteiger partial charge in [0.15, 0.2) is 15.7 Å². The molecule has 4 rings (SSSR count). The topological polar surface area (TPSA) is 120 Å². The molecule has 0 radical (unpaired) electrons. The lowest BCUT2D eigenvalue weighted by Crippen LogP contribution is -2.19. The maximum Gasteiger partial charge on any atom is 0.268 e. The van der Waals surface area contributed by atoms with E-state index in [2.05, 4.69) is 20.6 Å². The number of carbonyl (C=O) groups excluding carboxylic acids is 1. The van der Waals surface area contributed by atoms with Gasteiger partial charge in [0.1, 0.15) is 18.7 Å². The third kappa shape index (κ3) is 4.50. The van der Waals surface area contributed by atoms with E-state index in [9.17, 15) is 13.2 Å². The number of fused-ring (bicyclic) bond motifs is 1. The monoisotopic (exact) mass is 454 g/mol. The van der Waals surface area contributed by atoms with Crippen molar-refractivity contribution in [3.05, 3.63) is 59.9 Å². The molecule has 0 spiro atoms. The lowest BCUT2D eigenvalue weighted by Gasteiger charge is -2.20. The van der Waals surface area contributed by atoms with Crippen molar-refractivity contribution >= 4 is 27.2 Å². The Morgan fingerprint density at radius 2 is 2.06 bits per heavy atom. The van der Waals surface area contributed by atoms with E-state index in [1.165, 1.54) is 18.5 Å². The van der Waals surface area contributed by atoms with Gasteiger partial charge in [-0.05, 0) is 42.8 Å². The fourth-order valence-corrected chi connectivity index (χ4v) is 4.03. The zero-order valence-corrected chi connectivity index (χ0v) is 18.4. The SMILES string of the molecule is CCS(=O)(=O)c1cccc(NC(=O)c2ccc(C)c(Oc3ncnc4c3OCCN4)c2)c1. The predicted molar refractivity (Wildman–Crippen MR) is 119 cm³/mol. The third-order valence-corrected chi connectivity index (χ3v) is 6.63. The Bertz CT molecular complexity index is 1280. The van der Waals surface area contributed by atoms with Crippen LogP contribution in [0.1, 0.15) is 22.8 Å². The molecule has 32 heavy (non-hydrogen) atoms. The molecular weight excluding hydrogens is 432 g/mol. The number of carbonyl (C=O) groups is 1. The van der Waals surface area contributed by atoms with Crippen molar-refractivity contribution in [1.29, 1.82) is 0 Å². The van der Waals surface area contributed by atoms with Crippen molar-refractivity contribution in [1.82, 2.24) is 9.97 Å². The van der Waals surface area contributed by atoms with Gasteiger partial charge in [0, 0.05) is 11.3 Å². The first-order valence-corrected chi connectivity index (χ1v) is 11.7. The number of nitrogens with one attached hydrogen (secondary N) is 2. The van der Waals surface area contributed by atoms with Crippen LogP contribution in [0.25, 0.3) is 0 Å². The van der Waals surface area contributed by atoms with Crippen molar-refractivity contribution < 1.29 is 22.7 Å². The van der Waals surface area contributed by atoms with Gasteiger partial charge in [-0.25, -0.2) is 13.4 Å². The summed E-state index contributed by atoms with van der Waals surface area (Å²) in [7, 11) is -3.38. The molecule has 2 N–H and O–H groups in total. The number of benzene rings is 2. The zero-order valence-electron chi connectivity index (χ0n) is 17.6. The highest BCUT2D eigenvalue weighted by Crippen LogP contribution is 2.37. The summed E-state index contributed by atoms with van der Waals surface area (Å²) in [6.45, 7) is 4.52. The highest BCUT2D eigenvalue weighted by Gasteiger charge is 2.20. The largest absolute Gasteiger partial charge is 0.483 e. The molecule has 1 amide bonds. The molecule has 0 saturated heterocycles. The van der Waals surface area contributed by atoms with E-state index in [1.807, 2.05) is 6.92 Å². The Morgan fingerprint density at radius 3 is 2.88 bits per heavy atom. The number of aromatic nitrogens is 2. The maximum absolute atomic E-state index is 12.8. The number of hydrogen-bond donors (Lipinski definition) is 2. The van der Waals surface area contributed by atoms with Gasteiger partial charge in [-0.3, -0.25) is 4.79 Å². The van der Waals surface area contributed by atoms with Crippen LogP contribution >= 0.6 is 0 Å². The van der Waals surface area contributed by atoms with E-state index in [1.54, 1.807) is 37.3 Å². The van der Waals surface area contributed by atoms with Gasteiger partial charge in [0.05, 0.1) is 17.2 Å². The van der Waals surface area contributed by atoms with E-state index in [0.717, 1.165) is 5.56 Å². The van der Waals surface area contributed by atoms with E-state index in [-0.39, 0.29) is 16.5 Å². The average molecular weight is 455 g/mol. The summed E-state index contributed by atoms with van der Waals surface area (Å²) >= 11 is 0. The van der Waals surface area contributed by atoms with Gasteiger partial charge < -0.3 is 20.1 Å². The molecule has 0 unspecified atom stereocenters. The zero-order chi connectivity index (χ0) is 22.7. The normalized spacial score (nSPS) is 12.8. The molecule has 0 atom stereocenters. The minimum Gasteiger partial charge on any atom is -0.483 e. The lowest BCUT2D eigenvalue weighted by atomic mass is 10.1. The smallest absolute Gasteiger partial charge is 0.268 e. The van der Waals surface area contributed by atoms with Crippen LogP contribution in [0, 0.1) is 6.92 Å². The minimum atomic E-state index is -3.38. The van der Waals surface area contributed by atoms with E-state index in [0.29, 0.717) is 41.7 Å².